The van der Waals surface area contributed by atoms with Crippen LogP contribution in [0.2, 0.25) is 0 Å². The number of halogens is 1. The van der Waals surface area contributed by atoms with Crippen LogP contribution in [0.15, 0.2) is 40.9 Å². The highest BCUT2D eigenvalue weighted by Crippen LogP contribution is 2.35. The smallest absolute Gasteiger partial charge is 0.265 e. The Morgan fingerprint density at radius 2 is 1.93 bits per heavy atom. The molecular weight excluding hydrogens is 428 g/mol. The second-order valence-corrected chi connectivity index (χ2v) is 7.39. The maximum absolute atomic E-state index is 12.9. The minimum atomic E-state index is -0.234. The zero-order valence-electron chi connectivity index (χ0n) is 15.3. The number of rotatable bonds is 5. The van der Waals surface area contributed by atoms with E-state index in [1.165, 1.54) is 4.90 Å². The van der Waals surface area contributed by atoms with Crippen molar-refractivity contribution in [3.05, 3.63) is 46.4 Å². The fourth-order valence-corrected chi connectivity index (χ4v) is 3.56. The summed E-state index contributed by atoms with van der Waals surface area (Å²) >= 11 is 3.39. The van der Waals surface area contributed by atoms with E-state index in [4.69, 9.17) is 14.2 Å². The van der Waals surface area contributed by atoms with Crippen LogP contribution >= 0.6 is 15.9 Å². The van der Waals surface area contributed by atoms with E-state index in [0.29, 0.717) is 36.0 Å². The molecule has 0 aromatic heterocycles. The van der Waals surface area contributed by atoms with Gasteiger partial charge in [-0.2, -0.15) is 0 Å². The topological polar surface area (TPSA) is 68.3 Å². The fourth-order valence-electron chi connectivity index (χ4n) is 3.22. The molecule has 0 radical (unpaired) electrons. The monoisotopic (exact) mass is 446 g/mol. The SMILES string of the molecule is CCN(Cc1ccc2c(c1)OCO2)C(=O)CN1C(=O)COc2cc(Br)ccc21. The van der Waals surface area contributed by atoms with Gasteiger partial charge in [0.1, 0.15) is 12.3 Å². The van der Waals surface area contributed by atoms with Crippen LogP contribution in [0, 0.1) is 0 Å². The van der Waals surface area contributed by atoms with E-state index in [-0.39, 0.29) is 31.8 Å². The largest absolute Gasteiger partial charge is 0.482 e. The van der Waals surface area contributed by atoms with Crippen molar-refractivity contribution in [1.82, 2.24) is 4.90 Å². The maximum atomic E-state index is 12.9. The number of benzene rings is 2. The Morgan fingerprint density at radius 1 is 1.11 bits per heavy atom. The maximum Gasteiger partial charge on any atom is 0.265 e. The lowest BCUT2D eigenvalue weighted by Gasteiger charge is -2.31. The number of anilines is 1. The second-order valence-electron chi connectivity index (χ2n) is 6.48. The van der Waals surface area contributed by atoms with Crippen molar-refractivity contribution in [2.75, 3.05) is 31.4 Å². The molecule has 2 aliphatic rings. The van der Waals surface area contributed by atoms with Crippen molar-refractivity contribution in [3.63, 3.8) is 0 Å². The number of amides is 2. The van der Waals surface area contributed by atoms with Crippen LogP contribution in [0.3, 0.4) is 0 Å². The normalized spacial score (nSPS) is 14.5. The van der Waals surface area contributed by atoms with Crippen molar-refractivity contribution in [3.8, 4) is 17.2 Å². The third-order valence-corrected chi connectivity index (χ3v) is 5.20. The third-order valence-electron chi connectivity index (χ3n) is 4.70. The summed E-state index contributed by atoms with van der Waals surface area (Å²) in [6.45, 7) is 2.97. The van der Waals surface area contributed by atoms with Gasteiger partial charge >= 0.3 is 0 Å². The molecule has 0 atom stereocenters. The molecule has 0 saturated heterocycles. The number of ether oxygens (including phenoxy) is 3. The highest BCUT2D eigenvalue weighted by molar-refractivity contribution is 9.10. The van der Waals surface area contributed by atoms with Crippen molar-refractivity contribution in [2.24, 2.45) is 0 Å². The number of carbonyl (C=O) groups excluding carboxylic acids is 2. The lowest BCUT2D eigenvalue weighted by molar-refractivity contribution is -0.132. The molecule has 146 valence electrons. The molecule has 2 heterocycles. The standard InChI is InChI=1S/C20H19BrN2O5/c1-2-22(9-13-3-6-16-18(7-13)28-12-27-16)19(24)10-23-15-5-4-14(21)8-17(15)26-11-20(23)25/h3-8H,2,9-12H2,1H3. The molecule has 2 aliphatic heterocycles. The average Bonchev–Trinajstić information content (AvgIpc) is 3.16. The number of hydrogen-bond acceptors (Lipinski definition) is 5. The molecule has 0 unspecified atom stereocenters. The van der Waals surface area contributed by atoms with Gasteiger partial charge in [0, 0.05) is 17.6 Å². The predicted octanol–water partition coefficient (Wildman–Crippen LogP) is 2.95. The average molecular weight is 447 g/mol. The van der Waals surface area contributed by atoms with Gasteiger partial charge in [-0.3, -0.25) is 14.5 Å². The van der Waals surface area contributed by atoms with E-state index in [2.05, 4.69) is 15.9 Å². The Hall–Kier alpha value is -2.74. The number of hydrogen-bond donors (Lipinski definition) is 0. The van der Waals surface area contributed by atoms with Gasteiger partial charge < -0.3 is 19.1 Å². The summed E-state index contributed by atoms with van der Waals surface area (Å²) in [6.07, 6.45) is 0. The first-order valence-corrected chi connectivity index (χ1v) is 9.73. The molecule has 28 heavy (non-hydrogen) atoms. The van der Waals surface area contributed by atoms with Crippen molar-refractivity contribution in [1.29, 1.82) is 0 Å². The van der Waals surface area contributed by atoms with Gasteiger partial charge in [-0.05, 0) is 42.8 Å². The molecule has 0 spiro atoms. The van der Waals surface area contributed by atoms with E-state index in [1.54, 1.807) is 17.0 Å². The Morgan fingerprint density at radius 3 is 2.75 bits per heavy atom. The number of likely N-dealkylation sites (N-methyl/N-ethyl adjacent to an activating group) is 1. The molecule has 0 aliphatic carbocycles. The van der Waals surface area contributed by atoms with Crippen LogP contribution in [0.4, 0.5) is 5.69 Å². The third kappa shape index (κ3) is 3.64. The second kappa shape index (κ2) is 7.71. The Kier molecular flexibility index (Phi) is 5.13. The highest BCUT2D eigenvalue weighted by Gasteiger charge is 2.29. The van der Waals surface area contributed by atoms with Crippen LogP contribution in [0.5, 0.6) is 17.2 Å². The lowest BCUT2D eigenvalue weighted by atomic mass is 10.2. The molecule has 7 nitrogen and oxygen atoms in total. The highest BCUT2D eigenvalue weighted by atomic mass is 79.9. The summed E-state index contributed by atoms with van der Waals surface area (Å²) in [4.78, 5) is 28.5. The van der Waals surface area contributed by atoms with Crippen LogP contribution in [-0.2, 0) is 16.1 Å². The van der Waals surface area contributed by atoms with E-state index in [0.717, 1.165) is 10.0 Å². The zero-order chi connectivity index (χ0) is 19.7. The summed E-state index contributed by atoms with van der Waals surface area (Å²) < 4.78 is 17.1. The van der Waals surface area contributed by atoms with Gasteiger partial charge in [0.2, 0.25) is 12.7 Å². The summed E-state index contributed by atoms with van der Waals surface area (Å²) in [5.74, 6) is 1.61. The van der Waals surface area contributed by atoms with Crippen LogP contribution in [-0.4, -0.2) is 43.2 Å². The van der Waals surface area contributed by atoms with Crippen molar-refractivity contribution >= 4 is 33.4 Å². The number of carbonyl (C=O) groups is 2. The molecule has 0 bridgehead atoms. The molecule has 2 aromatic rings. The van der Waals surface area contributed by atoms with Gasteiger partial charge in [0.05, 0.1) is 5.69 Å². The van der Waals surface area contributed by atoms with E-state index < -0.39 is 0 Å². The molecular formula is C20H19BrN2O5. The Balaban J connectivity index is 1.49. The predicted molar refractivity (Wildman–Crippen MR) is 106 cm³/mol. The number of nitrogens with zero attached hydrogens (tertiary/aromatic N) is 2. The molecule has 0 N–H and O–H groups in total. The minimum absolute atomic E-state index is 0.0325. The molecule has 0 fully saturated rings. The summed E-state index contributed by atoms with van der Waals surface area (Å²) in [5.41, 5.74) is 1.55. The van der Waals surface area contributed by atoms with Crippen molar-refractivity contribution < 1.29 is 23.8 Å². The van der Waals surface area contributed by atoms with Crippen molar-refractivity contribution in [2.45, 2.75) is 13.5 Å². The van der Waals surface area contributed by atoms with Crippen LogP contribution in [0.1, 0.15) is 12.5 Å². The first-order valence-electron chi connectivity index (χ1n) is 8.94. The van der Waals surface area contributed by atoms with E-state index in [1.807, 2.05) is 31.2 Å². The van der Waals surface area contributed by atoms with E-state index in [9.17, 15) is 9.59 Å². The van der Waals surface area contributed by atoms with E-state index >= 15 is 0 Å². The Bertz CT molecular complexity index is 933. The molecule has 4 rings (SSSR count). The summed E-state index contributed by atoms with van der Waals surface area (Å²) in [6, 6.07) is 11.0. The molecule has 2 aromatic carbocycles. The molecule has 8 heteroatoms. The first kappa shape index (κ1) is 18.6. The lowest BCUT2D eigenvalue weighted by Crippen LogP contribution is -2.46. The van der Waals surface area contributed by atoms with Crippen LogP contribution < -0.4 is 19.1 Å². The van der Waals surface area contributed by atoms with Gasteiger partial charge in [0.15, 0.2) is 18.1 Å². The van der Waals surface area contributed by atoms with Gasteiger partial charge in [-0.15, -0.1) is 0 Å². The molecule has 2 amide bonds. The fraction of sp³-hybridized carbons (Fsp3) is 0.300. The zero-order valence-corrected chi connectivity index (χ0v) is 16.9. The summed E-state index contributed by atoms with van der Waals surface area (Å²) in [5, 5.41) is 0. The van der Waals surface area contributed by atoms with Gasteiger partial charge in [-0.1, -0.05) is 22.0 Å². The van der Waals surface area contributed by atoms with Crippen LogP contribution in [0.25, 0.3) is 0 Å². The first-order chi connectivity index (χ1) is 13.5. The number of fused-ring (bicyclic) bond motifs is 2. The summed E-state index contributed by atoms with van der Waals surface area (Å²) in [7, 11) is 0. The van der Waals surface area contributed by atoms with Gasteiger partial charge in [-0.25, -0.2) is 0 Å². The quantitative estimate of drug-likeness (QED) is 0.705. The van der Waals surface area contributed by atoms with Gasteiger partial charge in [0.25, 0.3) is 5.91 Å². The molecule has 0 saturated carbocycles. The Labute approximate surface area is 170 Å². The minimum Gasteiger partial charge on any atom is -0.482 e.